The number of aromatic nitrogens is 3. The minimum absolute atomic E-state index is 0.286. The summed E-state index contributed by atoms with van der Waals surface area (Å²) in [7, 11) is 3.96. The standard InChI is InChI=1S/C11H20N4O/c1-12-8-11(3-5-16-6-4-11)7-10-13-9-14-15(10)2/h9,12H,3-8H2,1-2H3. The van der Waals surface area contributed by atoms with Gasteiger partial charge in [0, 0.05) is 33.2 Å². The molecule has 0 unspecified atom stereocenters. The maximum absolute atomic E-state index is 5.45. The second-order valence-corrected chi connectivity index (χ2v) is 4.62. The molecule has 1 saturated heterocycles. The van der Waals surface area contributed by atoms with Gasteiger partial charge in [-0.3, -0.25) is 4.68 Å². The first-order chi connectivity index (χ1) is 7.76. The summed E-state index contributed by atoms with van der Waals surface area (Å²) in [5, 5.41) is 7.42. The fraction of sp³-hybridized carbons (Fsp3) is 0.818. The van der Waals surface area contributed by atoms with Crippen LogP contribution in [0.15, 0.2) is 6.33 Å². The highest BCUT2D eigenvalue weighted by molar-refractivity contribution is 4.95. The van der Waals surface area contributed by atoms with Crippen LogP contribution < -0.4 is 5.32 Å². The van der Waals surface area contributed by atoms with Gasteiger partial charge in [-0.25, -0.2) is 4.98 Å². The summed E-state index contributed by atoms with van der Waals surface area (Å²) in [6.07, 6.45) is 4.80. The number of hydrogen-bond donors (Lipinski definition) is 1. The first-order valence-electron chi connectivity index (χ1n) is 5.81. The largest absolute Gasteiger partial charge is 0.381 e. The summed E-state index contributed by atoms with van der Waals surface area (Å²) in [5.74, 6) is 1.07. The zero-order valence-corrected chi connectivity index (χ0v) is 10.1. The Labute approximate surface area is 96.2 Å². The van der Waals surface area contributed by atoms with E-state index in [0.29, 0.717) is 0 Å². The van der Waals surface area contributed by atoms with Gasteiger partial charge in [-0.05, 0) is 25.3 Å². The molecule has 5 heteroatoms. The van der Waals surface area contributed by atoms with Crippen LogP contribution in [0.25, 0.3) is 0 Å². The Morgan fingerprint density at radius 1 is 1.50 bits per heavy atom. The lowest BCUT2D eigenvalue weighted by Gasteiger charge is -2.36. The molecule has 90 valence electrons. The topological polar surface area (TPSA) is 52.0 Å². The van der Waals surface area contributed by atoms with E-state index in [1.54, 1.807) is 6.33 Å². The summed E-state index contributed by atoms with van der Waals surface area (Å²) >= 11 is 0. The normalized spacial score (nSPS) is 19.9. The molecule has 1 aliphatic rings. The third kappa shape index (κ3) is 2.41. The van der Waals surface area contributed by atoms with E-state index in [0.717, 1.165) is 44.8 Å². The van der Waals surface area contributed by atoms with E-state index >= 15 is 0 Å². The molecule has 0 bridgehead atoms. The number of rotatable bonds is 4. The highest BCUT2D eigenvalue weighted by Crippen LogP contribution is 2.32. The maximum atomic E-state index is 5.45. The minimum Gasteiger partial charge on any atom is -0.381 e. The van der Waals surface area contributed by atoms with E-state index in [2.05, 4.69) is 15.4 Å². The molecule has 0 radical (unpaired) electrons. The monoisotopic (exact) mass is 224 g/mol. The Kier molecular flexibility index (Phi) is 3.56. The Hall–Kier alpha value is -0.940. The van der Waals surface area contributed by atoms with E-state index in [1.165, 1.54) is 0 Å². The molecule has 5 nitrogen and oxygen atoms in total. The van der Waals surface area contributed by atoms with Crippen LogP contribution in [0.3, 0.4) is 0 Å². The Morgan fingerprint density at radius 3 is 2.81 bits per heavy atom. The molecule has 1 aliphatic heterocycles. The van der Waals surface area contributed by atoms with E-state index < -0.39 is 0 Å². The smallest absolute Gasteiger partial charge is 0.138 e. The summed E-state index contributed by atoms with van der Waals surface area (Å²) in [4.78, 5) is 4.32. The van der Waals surface area contributed by atoms with Crippen LogP contribution in [-0.4, -0.2) is 41.6 Å². The number of hydrogen-bond acceptors (Lipinski definition) is 4. The van der Waals surface area contributed by atoms with Crippen molar-refractivity contribution in [1.29, 1.82) is 0 Å². The Bertz CT molecular complexity index is 325. The summed E-state index contributed by atoms with van der Waals surface area (Å²) in [6.45, 7) is 2.74. The maximum Gasteiger partial charge on any atom is 0.138 e. The quantitative estimate of drug-likeness (QED) is 0.803. The molecular formula is C11H20N4O. The SMILES string of the molecule is CNCC1(Cc2ncnn2C)CCOCC1. The van der Waals surface area contributed by atoms with Crippen molar-refractivity contribution in [1.82, 2.24) is 20.1 Å². The van der Waals surface area contributed by atoms with E-state index in [1.807, 2.05) is 18.8 Å². The number of ether oxygens (including phenoxy) is 1. The number of nitrogens with zero attached hydrogens (tertiary/aromatic N) is 3. The van der Waals surface area contributed by atoms with Crippen LogP contribution in [0.5, 0.6) is 0 Å². The Morgan fingerprint density at radius 2 is 2.25 bits per heavy atom. The van der Waals surface area contributed by atoms with Crippen LogP contribution in [0.2, 0.25) is 0 Å². The third-order valence-electron chi connectivity index (χ3n) is 3.44. The first kappa shape index (κ1) is 11.5. The first-order valence-corrected chi connectivity index (χ1v) is 5.81. The van der Waals surface area contributed by atoms with Gasteiger partial charge < -0.3 is 10.1 Å². The molecule has 2 heterocycles. The van der Waals surface area contributed by atoms with E-state index in [4.69, 9.17) is 4.74 Å². The molecule has 0 saturated carbocycles. The van der Waals surface area contributed by atoms with E-state index in [-0.39, 0.29) is 5.41 Å². The molecule has 0 spiro atoms. The summed E-state index contributed by atoms with van der Waals surface area (Å²) < 4.78 is 7.32. The van der Waals surface area contributed by atoms with Crippen molar-refractivity contribution in [3.05, 3.63) is 12.2 Å². The molecule has 0 aromatic carbocycles. The van der Waals surface area contributed by atoms with Crippen molar-refractivity contribution in [3.63, 3.8) is 0 Å². The van der Waals surface area contributed by atoms with Crippen LogP contribution >= 0.6 is 0 Å². The molecule has 0 amide bonds. The average Bonchev–Trinajstić information content (AvgIpc) is 2.66. The molecule has 1 fully saturated rings. The predicted octanol–water partition coefficient (Wildman–Crippen LogP) is 0.374. The van der Waals surface area contributed by atoms with Gasteiger partial charge in [0.05, 0.1) is 0 Å². The fourth-order valence-corrected chi connectivity index (χ4v) is 2.41. The summed E-state index contributed by atoms with van der Waals surface area (Å²) in [5.41, 5.74) is 0.286. The third-order valence-corrected chi connectivity index (χ3v) is 3.44. The van der Waals surface area contributed by atoms with E-state index in [9.17, 15) is 0 Å². The average molecular weight is 224 g/mol. The van der Waals surface area contributed by atoms with Gasteiger partial charge >= 0.3 is 0 Å². The van der Waals surface area contributed by atoms with Crippen LogP contribution in [-0.2, 0) is 18.2 Å². The van der Waals surface area contributed by atoms with Crippen molar-refractivity contribution >= 4 is 0 Å². The summed E-state index contributed by atoms with van der Waals surface area (Å²) in [6, 6.07) is 0. The molecule has 1 aromatic rings. The van der Waals surface area contributed by atoms with Gasteiger partial charge in [-0.15, -0.1) is 0 Å². The lowest BCUT2D eigenvalue weighted by atomic mass is 9.77. The molecule has 1 aromatic heterocycles. The zero-order chi connectivity index (χ0) is 11.4. The van der Waals surface area contributed by atoms with Crippen molar-refractivity contribution < 1.29 is 4.74 Å². The predicted molar refractivity (Wildman–Crippen MR) is 61.1 cm³/mol. The van der Waals surface area contributed by atoms with Gasteiger partial charge in [0.25, 0.3) is 0 Å². The van der Waals surface area contributed by atoms with Crippen molar-refractivity contribution in [2.24, 2.45) is 12.5 Å². The van der Waals surface area contributed by atoms with Crippen molar-refractivity contribution in [2.45, 2.75) is 19.3 Å². The van der Waals surface area contributed by atoms with Crippen LogP contribution in [0, 0.1) is 5.41 Å². The lowest BCUT2D eigenvalue weighted by molar-refractivity contribution is 0.0145. The molecule has 2 rings (SSSR count). The van der Waals surface area contributed by atoms with Crippen LogP contribution in [0.1, 0.15) is 18.7 Å². The van der Waals surface area contributed by atoms with Crippen molar-refractivity contribution in [3.8, 4) is 0 Å². The second kappa shape index (κ2) is 4.93. The molecule has 0 aliphatic carbocycles. The number of aryl methyl sites for hydroxylation is 1. The molecular weight excluding hydrogens is 204 g/mol. The van der Waals surface area contributed by atoms with Gasteiger partial charge in [0.15, 0.2) is 0 Å². The number of nitrogens with one attached hydrogen (secondary N) is 1. The highest BCUT2D eigenvalue weighted by Gasteiger charge is 2.33. The fourth-order valence-electron chi connectivity index (χ4n) is 2.41. The van der Waals surface area contributed by atoms with Gasteiger partial charge in [-0.1, -0.05) is 0 Å². The minimum atomic E-state index is 0.286. The van der Waals surface area contributed by atoms with Crippen LogP contribution in [0.4, 0.5) is 0 Å². The highest BCUT2D eigenvalue weighted by atomic mass is 16.5. The zero-order valence-electron chi connectivity index (χ0n) is 10.1. The lowest BCUT2D eigenvalue weighted by Crippen LogP contribution is -2.40. The van der Waals surface area contributed by atoms with Crippen molar-refractivity contribution in [2.75, 3.05) is 26.8 Å². The van der Waals surface area contributed by atoms with Gasteiger partial charge in [-0.2, -0.15) is 5.10 Å². The van der Waals surface area contributed by atoms with Gasteiger partial charge in [0.1, 0.15) is 12.2 Å². The molecule has 0 atom stereocenters. The molecule has 16 heavy (non-hydrogen) atoms. The Balaban J connectivity index is 2.10. The van der Waals surface area contributed by atoms with Gasteiger partial charge in [0.2, 0.25) is 0 Å². The molecule has 1 N–H and O–H groups in total. The second-order valence-electron chi connectivity index (χ2n) is 4.62.